The highest BCUT2D eigenvalue weighted by molar-refractivity contribution is 5.74. The van der Waals surface area contributed by atoms with Crippen LogP contribution in [0.25, 0.3) is 0 Å². The van der Waals surface area contributed by atoms with Gasteiger partial charge in [-0.3, -0.25) is 0 Å². The van der Waals surface area contributed by atoms with Crippen molar-refractivity contribution in [1.29, 1.82) is 0 Å². The third-order valence-corrected chi connectivity index (χ3v) is 2.38. The minimum Gasteiger partial charge on any atom is -0.488 e. The van der Waals surface area contributed by atoms with Crippen molar-refractivity contribution < 1.29 is 23.4 Å². The SMILES string of the molecule is CC(CO)NC(=O)NCc1cccc(OCC(F)F)c1. The lowest BCUT2D eigenvalue weighted by Gasteiger charge is -2.12. The van der Waals surface area contributed by atoms with E-state index in [0.717, 1.165) is 5.56 Å². The number of urea groups is 1. The van der Waals surface area contributed by atoms with E-state index in [9.17, 15) is 13.6 Å². The highest BCUT2D eigenvalue weighted by atomic mass is 19.3. The van der Waals surface area contributed by atoms with Crippen LogP contribution in [0.4, 0.5) is 13.6 Å². The zero-order valence-electron chi connectivity index (χ0n) is 11.1. The van der Waals surface area contributed by atoms with Crippen LogP contribution >= 0.6 is 0 Å². The molecule has 2 amide bonds. The Hall–Kier alpha value is -1.89. The zero-order chi connectivity index (χ0) is 15.0. The van der Waals surface area contributed by atoms with E-state index < -0.39 is 19.1 Å². The molecule has 0 bridgehead atoms. The Morgan fingerprint density at radius 2 is 2.20 bits per heavy atom. The number of nitrogens with one attached hydrogen (secondary N) is 2. The van der Waals surface area contributed by atoms with Crippen molar-refractivity contribution in [2.24, 2.45) is 0 Å². The summed E-state index contributed by atoms with van der Waals surface area (Å²) in [5.74, 6) is 0.328. The second-order valence-corrected chi connectivity index (χ2v) is 4.26. The normalized spacial score (nSPS) is 12.1. The first-order chi connectivity index (χ1) is 9.51. The fraction of sp³-hybridized carbons (Fsp3) is 0.462. The van der Waals surface area contributed by atoms with Gasteiger partial charge in [0.2, 0.25) is 0 Å². The number of ether oxygens (including phenoxy) is 1. The topological polar surface area (TPSA) is 70.6 Å². The molecule has 0 aliphatic carbocycles. The minimum absolute atomic E-state index is 0.148. The molecule has 0 fully saturated rings. The number of aliphatic hydroxyl groups is 1. The Kier molecular flexibility index (Phi) is 6.72. The number of carbonyl (C=O) groups excluding carboxylic acids is 1. The summed E-state index contributed by atoms with van der Waals surface area (Å²) < 4.78 is 28.9. The Bertz CT molecular complexity index is 430. The van der Waals surface area contributed by atoms with E-state index in [-0.39, 0.29) is 19.2 Å². The molecular formula is C13H18F2N2O3. The Morgan fingerprint density at radius 3 is 2.85 bits per heavy atom. The van der Waals surface area contributed by atoms with E-state index in [1.807, 2.05) is 0 Å². The van der Waals surface area contributed by atoms with Gasteiger partial charge in [0.1, 0.15) is 12.4 Å². The van der Waals surface area contributed by atoms with Crippen LogP contribution in [0, 0.1) is 0 Å². The Balaban J connectivity index is 2.43. The van der Waals surface area contributed by atoms with Gasteiger partial charge < -0.3 is 20.5 Å². The third kappa shape index (κ3) is 6.33. The van der Waals surface area contributed by atoms with Crippen molar-refractivity contribution in [3.8, 4) is 5.75 Å². The van der Waals surface area contributed by atoms with Gasteiger partial charge in [-0.2, -0.15) is 0 Å². The molecule has 0 radical (unpaired) electrons. The molecule has 1 aromatic rings. The predicted octanol–water partition coefficient (Wildman–Crippen LogP) is 1.51. The van der Waals surface area contributed by atoms with E-state index in [4.69, 9.17) is 9.84 Å². The van der Waals surface area contributed by atoms with Crippen molar-refractivity contribution in [2.45, 2.75) is 25.9 Å². The molecule has 20 heavy (non-hydrogen) atoms. The van der Waals surface area contributed by atoms with Crippen molar-refractivity contribution >= 4 is 6.03 Å². The summed E-state index contributed by atoms with van der Waals surface area (Å²) in [5, 5.41) is 13.9. The molecule has 0 saturated carbocycles. The maximum Gasteiger partial charge on any atom is 0.315 e. The number of halogens is 2. The number of aliphatic hydroxyl groups excluding tert-OH is 1. The summed E-state index contributed by atoms with van der Waals surface area (Å²) >= 11 is 0. The molecule has 7 heteroatoms. The van der Waals surface area contributed by atoms with Crippen LogP contribution in [0.1, 0.15) is 12.5 Å². The molecule has 0 aliphatic rings. The average Bonchev–Trinajstić information content (AvgIpc) is 2.43. The molecular weight excluding hydrogens is 270 g/mol. The first-order valence-electron chi connectivity index (χ1n) is 6.16. The fourth-order valence-electron chi connectivity index (χ4n) is 1.41. The largest absolute Gasteiger partial charge is 0.488 e. The molecule has 1 rings (SSSR count). The lowest BCUT2D eigenvalue weighted by Crippen LogP contribution is -2.41. The molecule has 5 nitrogen and oxygen atoms in total. The second kappa shape index (κ2) is 8.31. The van der Waals surface area contributed by atoms with E-state index in [1.165, 1.54) is 0 Å². The smallest absolute Gasteiger partial charge is 0.315 e. The number of alkyl halides is 2. The van der Waals surface area contributed by atoms with Crippen molar-refractivity contribution in [3.63, 3.8) is 0 Å². The van der Waals surface area contributed by atoms with Crippen molar-refractivity contribution in [1.82, 2.24) is 10.6 Å². The van der Waals surface area contributed by atoms with Gasteiger partial charge in [0.05, 0.1) is 12.6 Å². The van der Waals surface area contributed by atoms with Crippen LogP contribution in [-0.2, 0) is 6.54 Å². The summed E-state index contributed by atoms with van der Waals surface area (Å²) in [6.07, 6.45) is -2.53. The maximum atomic E-state index is 12.0. The monoisotopic (exact) mass is 288 g/mol. The van der Waals surface area contributed by atoms with Gasteiger partial charge >= 0.3 is 6.03 Å². The summed E-state index contributed by atoms with van der Waals surface area (Å²) in [6, 6.07) is 5.80. The second-order valence-electron chi connectivity index (χ2n) is 4.26. The molecule has 3 N–H and O–H groups in total. The predicted molar refractivity (Wildman–Crippen MR) is 69.9 cm³/mol. The molecule has 0 aromatic heterocycles. The number of rotatable bonds is 7. The summed E-state index contributed by atoms with van der Waals surface area (Å²) in [5.41, 5.74) is 0.726. The van der Waals surface area contributed by atoms with Gasteiger partial charge in [0.15, 0.2) is 0 Å². The number of benzene rings is 1. The van der Waals surface area contributed by atoms with E-state index in [2.05, 4.69) is 10.6 Å². The number of amides is 2. The van der Waals surface area contributed by atoms with Gasteiger partial charge in [-0.25, -0.2) is 13.6 Å². The molecule has 0 saturated heterocycles. The summed E-state index contributed by atoms with van der Waals surface area (Å²) in [4.78, 5) is 11.4. The molecule has 0 heterocycles. The van der Waals surface area contributed by atoms with E-state index in [0.29, 0.717) is 5.75 Å². The lowest BCUT2D eigenvalue weighted by atomic mass is 10.2. The summed E-state index contributed by atoms with van der Waals surface area (Å²) in [6.45, 7) is 1.09. The van der Waals surface area contributed by atoms with Gasteiger partial charge in [-0.15, -0.1) is 0 Å². The number of hydrogen-bond acceptors (Lipinski definition) is 3. The Labute approximate surface area is 115 Å². The third-order valence-electron chi connectivity index (χ3n) is 2.38. The van der Waals surface area contributed by atoms with Crippen LogP contribution in [0.5, 0.6) is 5.75 Å². The fourth-order valence-corrected chi connectivity index (χ4v) is 1.41. The Morgan fingerprint density at radius 1 is 1.45 bits per heavy atom. The maximum absolute atomic E-state index is 12.0. The van der Waals surface area contributed by atoms with Crippen LogP contribution < -0.4 is 15.4 Å². The van der Waals surface area contributed by atoms with E-state index >= 15 is 0 Å². The molecule has 1 aromatic carbocycles. The highest BCUT2D eigenvalue weighted by Gasteiger charge is 2.06. The van der Waals surface area contributed by atoms with Gasteiger partial charge in [0, 0.05) is 6.54 Å². The first kappa shape index (κ1) is 16.2. The highest BCUT2D eigenvalue weighted by Crippen LogP contribution is 2.14. The summed E-state index contributed by atoms with van der Waals surface area (Å²) in [7, 11) is 0. The number of carbonyl (C=O) groups is 1. The van der Waals surface area contributed by atoms with Crippen LogP contribution in [0.15, 0.2) is 24.3 Å². The van der Waals surface area contributed by atoms with Crippen LogP contribution in [0.2, 0.25) is 0 Å². The minimum atomic E-state index is -2.53. The van der Waals surface area contributed by atoms with Gasteiger partial charge in [-0.05, 0) is 24.6 Å². The zero-order valence-corrected chi connectivity index (χ0v) is 11.1. The molecule has 1 unspecified atom stereocenters. The first-order valence-corrected chi connectivity index (χ1v) is 6.16. The molecule has 1 atom stereocenters. The van der Waals surface area contributed by atoms with Crippen molar-refractivity contribution in [2.75, 3.05) is 13.2 Å². The lowest BCUT2D eigenvalue weighted by molar-refractivity contribution is 0.0818. The molecule has 112 valence electrons. The average molecular weight is 288 g/mol. The van der Waals surface area contributed by atoms with E-state index in [1.54, 1.807) is 31.2 Å². The number of hydrogen-bond donors (Lipinski definition) is 3. The standard InChI is InChI=1S/C13H18F2N2O3/c1-9(7-18)17-13(19)16-6-10-3-2-4-11(5-10)20-8-12(14)15/h2-5,9,12,18H,6-8H2,1H3,(H2,16,17,19). The van der Waals surface area contributed by atoms with Crippen LogP contribution in [0.3, 0.4) is 0 Å². The quantitative estimate of drug-likeness (QED) is 0.712. The van der Waals surface area contributed by atoms with Crippen molar-refractivity contribution in [3.05, 3.63) is 29.8 Å². The molecule has 0 spiro atoms. The van der Waals surface area contributed by atoms with Crippen LogP contribution in [-0.4, -0.2) is 36.8 Å². The molecule has 0 aliphatic heterocycles. The van der Waals surface area contributed by atoms with Gasteiger partial charge in [0.25, 0.3) is 6.43 Å². The van der Waals surface area contributed by atoms with Gasteiger partial charge in [-0.1, -0.05) is 12.1 Å².